The predicted octanol–water partition coefficient (Wildman–Crippen LogP) is 2.92. The molecule has 0 spiro atoms. The topological polar surface area (TPSA) is 90.4 Å². The van der Waals surface area contributed by atoms with Crippen LogP contribution in [-0.2, 0) is 0 Å². The number of aromatic nitrogens is 2. The van der Waals surface area contributed by atoms with Gasteiger partial charge in [0.1, 0.15) is 11.5 Å². The number of ether oxygens (including phenoxy) is 2. The molecule has 0 aliphatic heterocycles. The summed E-state index contributed by atoms with van der Waals surface area (Å²) in [6, 6.07) is 15.4. The van der Waals surface area contributed by atoms with Crippen molar-refractivity contribution in [3.63, 3.8) is 0 Å². The second-order valence-corrected chi connectivity index (χ2v) is 7.97. The zero-order valence-electron chi connectivity index (χ0n) is 18.0. The smallest absolute Gasteiger partial charge is 0.148 e. The van der Waals surface area contributed by atoms with Crippen molar-refractivity contribution in [2.45, 2.75) is 37.9 Å². The quantitative estimate of drug-likeness (QED) is 0.469. The molecule has 164 valence electrons. The van der Waals surface area contributed by atoms with Gasteiger partial charge in [-0.15, -0.1) is 12.2 Å². The summed E-state index contributed by atoms with van der Waals surface area (Å²) >= 11 is 0. The minimum Gasteiger partial charge on any atom is -0.851 e. The molecule has 0 atom stereocenters. The molecule has 1 aliphatic rings. The zero-order valence-corrected chi connectivity index (χ0v) is 18.0. The molecule has 0 saturated heterocycles. The molecule has 2 heterocycles. The van der Waals surface area contributed by atoms with Gasteiger partial charge < -0.3 is 19.7 Å². The standard InChI is InChI=1S/C26H24N2O4/c1-3-31-25-17-11-7-5-9-15(17)13-27-21(25)19-23(29)20(24(19)30)22-26(32-4-2)18-12-8-6-10-16(18)14-28-22/h5-14,19-20,23-24H,3-4H2,1-2H3/q-2. The molecule has 2 aromatic heterocycles. The fraction of sp³-hybridized carbons (Fsp3) is 0.308. The number of nitrogens with zero attached hydrogens (tertiary/aromatic N) is 2. The van der Waals surface area contributed by atoms with Gasteiger partial charge in [0.15, 0.2) is 0 Å². The van der Waals surface area contributed by atoms with E-state index in [2.05, 4.69) is 9.97 Å². The SMILES string of the molecule is CCOc1c(C2C([O-])C(c3ncc4ccccc4c3OCC)C2[O-])ncc2ccccc12. The van der Waals surface area contributed by atoms with E-state index in [9.17, 15) is 10.2 Å². The fourth-order valence-corrected chi connectivity index (χ4v) is 4.67. The first kappa shape index (κ1) is 20.7. The molecule has 32 heavy (non-hydrogen) atoms. The Hall–Kier alpha value is -3.22. The molecule has 0 N–H and O–H groups in total. The van der Waals surface area contributed by atoms with Gasteiger partial charge in [0.25, 0.3) is 0 Å². The van der Waals surface area contributed by atoms with E-state index in [1.54, 1.807) is 12.4 Å². The van der Waals surface area contributed by atoms with Crippen LogP contribution >= 0.6 is 0 Å². The maximum atomic E-state index is 13.5. The lowest BCUT2D eigenvalue weighted by Gasteiger charge is -2.60. The lowest BCUT2D eigenvalue weighted by molar-refractivity contribution is -0.536. The van der Waals surface area contributed by atoms with Crippen LogP contribution in [0.15, 0.2) is 60.9 Å². The number of hydrogen-bond donors (Lipinski definition) is 0. The Morgan fingerprint density at radius 3 is 1.50 bits per heavy atom. The van der Waals surface area contributed by atoms with Gasteiger partial charge in [-0.1, -0.05) is 48.5 Å². The van der Waals surface area contributed by atoms with Crippen molar-refractivity contribution in [1.82, 2.24) is 9.97 Å². The first-order chi connectivity index (χ1) is 15.7. The molecule has 1 fully saturated rings. The predicted molar refractivity (Wildman–Crippen MR) is 119 cm³/mol. The van der Waals surface area contributed by atoms with Gasteiger partial charge in [-0.3, -0.25) is 9.97 Å². The van der Waals surface area contributed by atoms with E-state index < -0.39 is 24.0 Å². The highest BCUT2D eigenvalue weighted by atomic mass is 16.5. The number of pyridine rings is 2. The third kappa shape index (κ3) is 3.18. The summed E-state index contributed by atoms with van der Waals surface area (Å²) in [5.74, 6) is -0.526. The fourth-order valence-electron chi connectivity index (χ4n) is 4.67. The second-order valence-electron chi connectivity index (χ2n) is 7.97. The Labute approximate surface area is 186 Å². The highest BCUT2D eigenvalue weighted by molar-refractivity contribution is 5.89. The monoisotopic (exact) mass is 428 g/mol. The minimum absolute atomic E-state index is 0.423. The van der Waals surface area contributed by atoms with Crippen molar-refractivity contribution < 1.29 is 19.7 Å². The van der Waals surface area contributed by atoms with Crippen LogP contribution in [0.4, 0.5) is 0 Å². The highest BCUT2D eigenvalue weighted by Gasteiger charge is 2.43. The molecule has 0 amide bonds. The molecule has 2 aromatic carbocycles. The molecule has 0 unspecified atom stereocenters. The van der Waals surface area contributed by atoms with E-state index in [1.807, 2.05) is 62.4 Å². The molecular weight excluding hydrogens is 404 g/mol. The molecule has 6 heteroatoms. The van der Waals surface area contributed by atoms with Crippen LogP contribution in [0.5, 0.6) is 11.5 Å². The molecule has 0 radical (unpaired) electrons. The Balaban J connectivity index is 1.56. The lowest BCUT2D eigenvalue weighted by atomic mass is 9.65. The summed E-state index contributed by atoms with van der Waals surface area (Å²) in [6.07, 6.45) is 1.05. The van der Waals surface area contributed by atoms with Gasteiger partial charge in [-0.2, -0.15) is 0 Å². The Kier molecular flexibility index (Phi) is 5.41. The average molecular weight is 428 g/mol. The van der Waals surface area contributed by atoms with Gasteiger partial charge in [0.05, 0.1) is 24.6 Å². The third-order valence-electron chi connectivity index (χ3n) is 6.19. The van der Waals surface area contributed by atoms with E-state index in [0.29, 0.717) is 36.1 Å². The van der Waals surface area contributed by atoms with Crippen molar-refractivity contribution in [1.29, 1.82) is 0 Å². The van der Waals surface area contributed by atoms with Gasteiger partial charge in [-0.05, 0) is 25.7 Å². The maximum Gasteiger partial charge on any atom is 0.148 e. The van der Waals surface area contributed by atoms with Crippen LogP contribution in [-0.4, -0.2) is 35.4 Å². The van der Waals surface area contributed by atoms with E-state index in [0.717, 1.165) is 21.5 Å². The molecule has 6 nitrogen and oxygen atoms in total. The second kappa shape index (κ2) is 8.37. The van der Waals surface area contributed by atoms with E-state index in [1.165, 1.54) is 0 Å². The van der Waals surface area contributed by atoms with Crippen LogP contribution in [0, 0.1) is 0 Å². The summed E-state index contributed by atoms with van der Waals surface area (Å²) in [5.41, 5.74) is 0.890. The Morgan fingerprint density at radius 1 is 0.688 bits per heavy atom. The number of benzene rings is 2. The van der Waals surface area contributed by atoms with Crippen LogP contribution in [0.2, 0.25) is 0 Å². The van der Waals surface area contributed by atoms with Crippen LogP contribution in [0.25, 0.3) is 21.5 Å². The highest BCUT2D eigenvalue weighted by Crippen LogP contribution is 2.50. The zero-order chi connectivity index (χ0) is 22.2. The minimum atomic E-state index is -1.18. The molecule has 0 bridgehead atoms. The average Bonchev–Trinajstić information content (AvgIpc) is 2.82. The number of hydrogen-bond acceptors (Lipinski definition) is 6. The van der Waals surface area contributed by atoms with Gasteiger partial charge in [-0.25, -0.2) is 0 Å². The van der Waals surface area contributed by atoms with Crippen molar-refractivity contribution >= 4 is 21.5 Å². The molecule has 4 aromatic rings. The number of rotatable bonds is 6. The lowest BCUT2D eigenvalue weighted by Crippen LogP contribution is -2.64. The Morgan fingerprint density at radius 2 is 1.09 bits per heavy atom. The van der Waals surface area contributed by atoms with E-state index >= 15 is 0 Å². The molecular formula is C26H24N2O4-2. The first-order valence-corrected chi connectivity index (χ1v) is 11.0. The third-order valence-corrected chi connectivity index (χ3v) is 6.19. The number of fused-ring (bicyclic) bond motifs is 2. The first-order valence-electron chi connectivity index (χ1n) is 11.0. The van der Waals surface area contributed by atoms with Crippen molar-refractivity contribution in [2.75, 3.05) is 13.2 Å². The molecule has 5 rings (SSSR count). The van der Waals surface area contributed by atoms with Crippen molar-refractivity contribution in [2.24, 2.45) is 0 Å². The largest absolute Gasteiger partial charge is 0.851 e. The summed E-state index contributed by atoms with van der Waals surface area (Å²) in [4.78, 5) is 9.02. The van der Waals surface area contributed by atoms with Crippen LogP contribution < -0.4 is 19.7 Å². The summed E-state index contributed by atoms with van der Waals surface area (Å²) in [6.45, 7) is 4.61. The maximum absolute atomic E-state index is 13.5. The normalized spacial score (nSPS) is 22.6. The summed E-state index contributed by atoms with van der Waals surface area (Å²) in [5, 5.41) is 30.4. The van der Waals surface area contributed by atoms with Crippen molar-refractivity contribution in [3.8, 4) is 11.5 Å². The van der Waals surface area contributed by atoms with Crippen LogP contribution in [0.1, 0.15) is 37.1 Å². The molecule has 1 aliphatic carbocycles. The van der Waals surface area contributed by atoms with Crippen LogP contribution in [0.3, 0.4) is 0 Å². The van der Waals surface area contributed by atoms with E-state index in [-0.39, 0.29) is 0 Å². The Bertz CT molecular complexity index is 1170. The van der Waals surface area contributed by atoms with Gasteiger partial charge >= 0.3 is 0 Å². The molecule has 1 saturated carbocycles. The van der Waals surface area contributed by atoms with Gasteiger partial charge in [0, 0.05) is 33.9 Å². The summed E-state index contributed by atoms with van der Waals surface area (Å²) < 4.78 is 11.8. The van der Waals surface area contributed by atoms with E-state index in [4.69, 9.17) is 9.47 Å². The van der Waals surface area contributed by atoms with Gasteiger partial charge in [0.2, 0.25) is 0 Å². The van der Waals surface area contributed by atoms with Crippen molar-refractivity contribution in [3.05, 3.63) is 72.3 Å². The summed E-state index contributed by atoms with van der Waals surface area (Å²) in [7, 11) is 0.